The highest BCUT2D eigenvalue weighted by atomic mass is 16.7. The highest BCUT2D eigenvalue weighted by molar-refractivity contribution is 5.10. The van der Waals surface area contributed by atoms with Crippen LogP contribution < -0.4 is 0 Å². The van der Waals surface area contributed by atoms with Crippen molar-refractivity contribution < 1.29 is 14.6 Å². The van der Waals surface area contributed by atoms with Crippen molar-refractivity contribution in [1.29, 1.82) is 0 Å². The first-order chi connectivity index (χ1) is 11.5. The third kappa shape index (κ3) is 2.01. The second kappa shape index (κ2) is 5.20. The van der Waals surface area contributed by atoms with E-state index in [-0.39, 0.29) is 17.3 Å². The van der Waals surface area contributed by atoms with Gasteiger partial charge in [0.15, 0.2) is 5.79 Å². The van der Waals surface area contributed by atoms with E-state index < -0.39 is 0 Å². The van der Waals surface area contributed by atoms with E-state index in [0.717, 1.165) is 56.1 Å². The van der Waals surface area contributed by atoms with E-state index in [0.29, 0.717) is 5.41 Å². The van der Waals surface area contributed by atoms with Crippen LogP contribution in [0.25, 0.3) is 0 Å². The van der Waals surface area contributed by atoms with Gasteiger partial charge in [-0.2, -0.15) is 0 Å². The van der Waals surface area contributed by atoms with Crippen LogP contribution in [0.15, 0.2) is 0 Å². The molecule has 0 aromatic heterocycles. The lowest BCUT2D eigenvalue weighted by molar-refractivity contribution is -0.230. The maximum Gasteiger partial charge on any atom is 0.168 e. The Hall–Kier alpha value is -0.120. The van der Waals surface area contributed by atoms with Crippen LogP contribution in [0.1, 0.15) is 71.6 Å². The fourth-order valence-electron chi connectivity index (χ4n) is 7.93. The van der Waals surface area contributed by atoms with Gasteiger partial charge >= 0.3 is 0 Å². The standard InChI is InChI=1S/C21H34O3/c1-19-9-10-21(23-11-12-24-21)13-14(19)3-4-15-16-5-6-18(22)20(16,2)8-7-17(15)19/h14-18,22H,3-13H2,1-2H3/t14-,15-,16+,17-,18-,19+,20+/m0/s1. The summed E-state index contributed by atoms with van der Waals surface area (Å²) < 4.78 is 12.1. The zero-order valence-corrected chi connectivity index (χ0v) is 15.4. The summed E-state index contributed by atoms with van der Waals surface area (Å²) >= 11 is 0. The zero-order chi connectivity index (χ0) is 16.6. The molecule has 0 unspecified atom stereocenters. The molecule has 1 spiro atoms. The molecule has 4 saturated carbocycles. The Morgan fingerprint density at radius 2 is 1.54 bits per heavy atom. The van der Waals surface area contributed by atoms with E-state index in [9.17, 15) is 5.11 Å². The van der Waals surface area contributed by atoms with Crippen LogP contribution in [-0.2, 0) is 9.47 Å². The Balaban J connectivity index is 1.41. The lowest BCUT2D eigenvalue weighted by Gasteiger charge is -2.61. The molecule has 0 amide bonds. The number of aliphatic hydroxyl groups excluding tert-OH is 1. The van der Waals surface area contributed by atoms with E-state index in [1.807, 2.05) is 0 Å². The molecule has 7 atom stereocenters. The monoisotopic (exact) mass is 334 g/mol. The molecule has 5 fully saturated rings. The maximum absolute atomic E-state index is 10.6. The first-order valence-electron chi connectivity index (χ1n) is 10.4. The second-order valence-corrected chi connectivity index (χ2v) is 10.1. The fraction of sp³-hybridized carbons (Fsp3) is 1.00. The smallest absolute Gasteiger partial charge is 0.168 e. The van der Waals surface area contributed by atoms with Crippen LogP contribution in [-0.4, -0.2) is 30.2 Å². The predicted molar refractivity (Wildman–Crippen MR) is 92.4 cm³/mol. The zero-order valence-electron chi connectivity index (χ0n) is 15.4. The summed E-state index contributed by atoms with van der Waals surface area (Å²) in [5.74, 6) is 3.00. The van der Waals surface area contributed by atoms with Crippen LogP contribution in [0.2, 0.25) is 0 Å². The number of hydrogen-bond donors (Lipinski definition) is 1. The summed E-state index contributed by atoms with van der Waals surface area (Å²) in [5.41, 5.74) is 0.677. The van der Waals surface area contributed by atoms with Gasteiger partial charge in [-0.3, -0.25) is 0 Å². The van der Waals surface area contributed by atoms with Gasteiger partial charge in [-0.25, -0.2) is 0 Å². The molecule has 0 aromatic rings. The molecule has 24 heavy (non-hydrogen) atoms. The molecule has 1 heterocycles. The van der Waals surface area contributed by atoms with Crippen molar-refractivity contribution in [3.63, 3.8) is 0 Å². The first kappa shape index (κ1) is 16.1. The Kier molecular flexibility index (Phi) is 3.49. The third-order valence-electron chi connectivity index (χ3n) is 9.43. The number of aliphatic hydroxyl groups is 1. The Morgan fingerprint density at radius 3 is 2.33 bits per heavy atom. The molecule has 1 aliphatic heterocycles. The molecule has 4 aliphatic carbocycles. The number of hydrogen-bond acceptors (Lipinski definition) is 3. The summed E-state index contributed by atoms with van der Waals surface area (Å²) in [6, 6.07) is 0. The van der Waals surface area contributed by atoms with Gasteiger partial charge in [-0.05, 0) is 79.4 Å². The van der Waals surface area contributed by atoms with Gasteiger partial charge in [0.2, 0.25) is 0 Å². The quantitative estimate of drug-likeness (QED) is 0.724. The summed E-state index contributed by atoms with van der Waals surface area (Å²) in [6.45, 7) is 6.54. The largest absolute Gasteiger partial charge is 0.393 e. The van der Waals surface area contributed by atoms with Crippen LogP contribution >= 0.6 is 0 Å². The SMILES string of the molecule is C[C@@]12CC[C@H]3[C@@H](CC[C@H]4CC5(CC[C@]43C)OCCO5)[C@H]1CC[C@@H]2O. The first-order valence-corrected chi connectivity index (χ1v) is 10.4. The van der Waals surface area contributed by atoms with Gasteiger partial charge in [0.05, 0.1) is 19.3 Å². The third-order valence-corrected chi connectivity index (χ3v) is 9.43. The summed E-state index contributed by atoms with van der Waals surface area (Å²) in [4.78, 5) is 0. The van der Waals surface area contributed by atoms with Crippen molar-refractivity contribution in [1.82, 2.24) is 0 Å². The topological polar surface area (TPSA) is 38.7 Å². The Morgan fingerprint density at radius 1 is 0.792 bits per heavy atom. The van der Waals surface area contributed by atoms with Crippen LogP contribution in [0.5, 0.6) is 0 Å². The highest BCUT2D eigenvalue weighted by Crippen LogP contribution is 2.67. The van der Waals surface area contributed by atoms with Gasteiger partial charge in [0.25, 0.3) is 0 Å². The molecule has 5 rings (SSSR count). The number of rotatable bonds is 0. The summed E-state index contributed by atoms with van der Waals surface area (Å²) in [6.07, 6.45) is 11.0. The minimum absolute atomic E-state index is 0.0520. The van der Waals surface area contributed by atoms with Gasteiger partial charge in [0.1, 0.15) is 0 Å². The number of fused-ring (bicyclic) bond motifs is 5. The predicted octanol–water partition coefficient (Wildman–Crippen LogP) is 4.13. The van der Waals surface area contributed by atoms with Crippen LogP contribution in [0.4, 0.5) is 0 Å². The lowest BCUT2D eigenvalue weighted by Crippen LogP contribution is -2.56. The molecule has 0 bridgehead atoms. The van der Waals surface area contributed by atoms with E-state index in [2.05, 4.69) is 13.8 Å². The molecule has 0 radical (unpaired) electrons. The molecule has 136 valence electrons. The van der Waals surface area contributed by atoms with Crippen molar-refractivity contribution in [3.8, 4) is 0 Å². The molecule has 1 N–H and O–H groups in total. The van der Waals surface area contributed by atoms with Gasteiger partial charge < -0.3 is 14.6 Å². The van der Waals surface area contributed by atoms with Crippen molar-refractivity contribution in [3.05, 3.63) is 0 Å². The van der Waals surface area contributed by atoms with Crippen molar-refractivity contribution >= 4 is 0 Å². The lowest BCUT2D eigenvalue weighted by atomic mass is 9.45. The summed E-state index contributed by atoms with van der Waals surface area (Å²) in [5, 5.41) is 10.6. The maximum atomic E-state index is 10.6. The molecule has 0 aromatic carbocycles. The minimum atomic E-state index is -0.232. The minimum Gasteiger partial charge on any atom is -0.393 e. The Bertz CT molecular complexity index is 513. The molecule has 1 saturated heterocycles. The number of ether oxygens (including phenoxy) is 2. The molecular formula is C21H34O3. The van der Waals surface area contributed by atoms with E-state index in [1.165, 1.54) is 38.5 Å². The van der Waals surface area contributed by atoms with Crippen LogP contribution in [0, 0.1) is 34.5 Å². The van der Waals surface area contributed by atoms with E-state index in [4.69, 9.17) is 9.47 Å². The van der Waals surface area contributed by atoms with E-state index >= 15 is 0 Å². The van der Waals surface area contributed by atoms with Crippen molar-refractivity contribution in [2.45, 2.75) is 83.5 Å². The van der Waals surface area contributed by atoms with Crippen molar-refractivity contribution in [2.75, 3.05) is 13.2 Å². The normalized spacial score (nSPS) is 55.9. The highest BCUT2D eigenvalue weighted by Gasteiger charge is 2.61. The molecule has 3 nitrogen and oxygen atoms in total. The summed E-state index contributed by atoms with van der Waals surface area (Å²) in [7, 11) is 0. The second-order valence-electron chi connectivity index (χ2n) is 10.1. The molecule has 3 heteroatoms. The average Bonchev–Trinajstić information content (AvgIpc) is 3.14. The average molecular weight is 334 g/mol. The van der Waals surface area contributed by atoms with Crippen LogP contribution in [0.3, 0.4) is 0 Å². The Labute approximate surface area is 146 Å². The van der Waals surface area contributed by atoms with Crippen molar-refractivity contribution in [2.24, 2.45) is 34.5 Å². The van der Waals surface area contributed by atoms with E-state index in [1.54, 1.807) is 0 Å². The fourth-order valence-corrected chi connectivity index (χ4v) is 7.93. The molecular weight excluding hydrogens is 300 g/mol. The van der Waals surface area contributed by atoms with Gasteiger partial charge in [-0.15, -0.1) is 0 Å². The molecule has 5 aliphatic rings. The van der Waals surface area contributed by atoms with Gasteiger partial charge in [0, 0.05) is 12.8 Å². The van der Waals surface area contributed by atoms with Gasteiger partial charge in [-0.1, -0.05) is 13.8 Å².